The van der Waals surface area contributed by atoms with E-state index >= 15 is 0 Å². The SMILES string of the molecule is Cc1nn(-c2ccccc2)c(C)c1CNC(=O)CCn1ncc(I)c1C. The van der Waals surface area contributed by atoms with E-state index in [0.29, 0.717) is 19.5 Å². The molecule has 0 aliphatic carbocycles. The molecule has 6 nitrogen and oxygen atoms in total. The molecule has 0 spiro atoms. The van der Waals surface area contributed by atoms with E-state index in [0.717, 1.165) is 31.9 Å². The van der Waals surface area contributed by atoms with Gasteiger partial charge in [0.2, 0.25) is 5.91 Å². The van der Waals surface area contributed by atoms with Gasteiger partial charge in [0.05, 0.1) is 21.1 Å². The summed E-state index contributed by atoms with van der Waals surface area (Å²) in [6, 6.07) is 10.0. The molecule has 3 rings (SSSR count). The van der Waals surface area contributed by atoms with E-state index in [2.05, 4.69) is 38.1 Å². The van der Waals surface area contributed by atoms with Crippen LogP contribution < -0.4 is 5.32 Å². The summed E-state index contributed by atoms with van der Waals surface area (Å²) in [6.45, 7) is 7.09. The second kappa shape index (κ2) is 8.03. The summed E-state index contributed by atoms with van der Waals surface area (Å²) in [5, 5.41) is 11.9. The van der Waals surface area contributed by atoms with E-state index in [-0.39, 0.29) is 5.91 Å². The van der Waals surface area contributed by atoms with Gasteiger partial charge in [-0.15, -0.1) is 0 Å². The van der Waals surface area contributed by atoms with Gasteiger partial charge in [-0.25, -0.2) is 4.68 Å². The van der Waals surface area contributed by atoms with E-state index in [1.165, 1.54) is 0 Å². The Morgan fingerprint density at radius 2 is 1.88 bits per heavy atom. The first-order chi connectivity index (χ1) is 12.5. The van der Waals surface area contributed by atoms with Crippen molar-refractivity contribution in [2.75, 3.05) is 0 Å². The van der Waals surface area contributed by atoms with E-state index in [9.17, 15) is 4.79 Å². The topological polar surface area (TPSA) is 64.7 Å². The van der Waals surface area contributed by atoms with Crippen LogP contribution in [0, 0.1) is 24.3 Å². The minimum absolute atomic E-state index is 0.0150. The molecule has 1 amide bonds. The number of nitrogens with zero attached hydrogens (tertiary/aromatic N) is 4. The van der Waals surface area contributed by atoms with E-state index in [4.69, 9.17) is 0 Å². The second-order valence-electron chi connectivity index (χ2n) is 6.22. The fourth-order valence-electron chi connectivity index (χ4n) is 2.88. The number of hydrogen-bond acceptors (Lipinski definition) is 3. The number of carbonyl (C=O) groups excluding carboxylic acids is 1. The van der Waals surface area contributed by atoms with E-state index in [1.807, 2.05) is 66.7 Å². The highest BCUT2D eigenvalue weighted by Crippen LogP contribution is 2.17. The predicted molar refractivity (Wildman–Crippen MR) is 109 cm³/mol. The van der Waals surface area contributed by atoms with Gasteiger partial charge in [0.15, 0.2) is 0 Å². The van der Waals surface area contributed by atoms with Crippen molar-refractivity contribution >= 4 is 28.5 Å². The van der Waals surface area contributed by atoms with Gasteiger partial charge in [0, 0.05) is 36.5 Å². The van der Waals surface area contributed by atoms with Crippen molar-refractivity contribution in [1.29, 1.82) is 0 Å². The molecule has 0 aliphatic rings. The largest absolute Gasteiger partial charge is 0.352 e. The molecule has 2 aromatic heterocycles. The van der Waals surface area contributed by atoms with Crippen molar-refractivity contribution in [1.82, 2.24) is 24.9 Å². The van der Waals surface area contributed by atoms with Crippen molar-refractivity contribution < 1.29 is 4.79 Å². The number of hydrogen-bond donors (Lipinski definition) is 1. The molecule has 136 valence electrons. The van der Waals surface area contributed by atoms with Crippen LogP contribution in [0.4, 0.5) is 0 Å². The molecule has 0 aliphatic heterocycles. The first kappa shape index (κ1) is 18.6. The second-order valence-corrected chi connectivity index (χ2v) is 7.39. The first-order valence-electron chi connectivity index (χ1n) is 8.52. The van der Waals surface area contributed by atoms with Crippen molar-refractivity contribution in [2.24, 2.45) is 0 Å². The summed E-state index contributed by atoms with van der Waals surface area (Å²) < 4.78 is 4.90. The van der Waals surface area contributed by atoms with Crippen LogP contribution in [0.3, 0.4) is 0 Å². The standard InChI is InChI=1S/C19H22IN5O/c1-13-17(14(2)25(23-13)16-7-5-4-6-8-16)11-21-19(26)9-10-24-15(3)18(20)12-22-24/h4-8,12H,9-11H2,1-3H3,(H,21,26). The number of rotatable bonds is 6. The molecular weight excluding hydrogens is 441 g/mol. The highest BCUT2D eigenvalue weighted by atomic mass is 127. The maximum atomic E-state index is 12.2. The Labute approximate surface area is 166 Å². The third kappa shape index (κ3) is 3.98. The normalized spacial score (nSPS) is 10.9. The lowest BCUT2D eigenvalue weighted by molar-refractivity contribution is -0.121. The fraction of sp³-hybridized carbons (Fsp3) is 0.316. The van der Waals surface area contributed by atoms with Gasteiger partial charge in [-0.2, -0.15) is 10.2 Å². The van der Waals surface area contributed by atoms with Crippen LogP contribution in [-0.4, -0.2) is 25.5 Å². The van der Waals surface area contributed by atoms with Crippen molar-refractivity contribution in [2.45, 2.75) is 40.3 Å². The number of para-hydroxylation sites is 1. The van der Waals surface area contributed by atoms with Crippen LogP contribution in [0.15, 0.2) is 36.5 Å². The predicted octanol–water partition coefficient (Wildman–Crippen LogP) is 3.31. The van der Waals surface area contributed by atoms with Crippen LogP contribution in [0.2, 0.25) is 0 Å². The van der Waals surface area contributed by atoms with Gasteiger partial charge in [-0.3, -0.25) is 9.48 Å². The summed E-state index contributed by atoms with van der Waals surface area (Å²) in [5.41, 5.74) is 5.16. The Morgan fingerprint density at radius 1 is 1.15 bits per heavy atom. The number of amides is 1. The molecule has 26 heavy (non-hydrogen) atoms. The van der Waals surface area contributed by atoms with Gasteiger partial charge >= 0.3 is 0 Å². The first-order valence-corrected chi connectivity index (χ1v) is 9.60. The third-order valence-electron chi connectivity index (χ3n) is 4.50. The zero-order valence-electron chi connectivity index (χ0n) is 15.2. The minimum Gasteiger partial charge on any atom is -0.352 e. The zero-order valence-corrected chi connectivity index (χ0v) is 17.3. The monoisotopic (exact) mass is 463 g/mol. The maximum Gasteiger partial charge on any atom is 0.222 e. The van der Waals surface area contributed by atoms with Crippen LogP contribution in [-0.2, 0) is 17.9 Å². The van der Waals surface area contributed by atoms with Crippen LogP contribution in [0.25, 0.3) is 5.69 Å². The Kier molecular flexibility index (Phi) is 5.75. The summed E-state index contributed by atoms with van der Waals surface area (Å²) >= 11 is 2.25. The molecule has 2 heterocycles. The number of benzene rings is 1. The highest BCUT2D eigenvalue weighted by molar-refractivity contribution is 14.1. The molecule has 7 heteroatoms. The Bertz CT molecular complexity index is 914. The molecule has 0 unspecified atom stereocenters. The van der Waals surface area contributed by atoms with Gasteiger partial charge in [-0.1, -0.05) is 18.2 Å². The van der Waals surface area contributed by atoms with Gasteiger partial charge in [-0.05, 0) is 55.5 Å². The fourth-order valence-corrected chi connectivity index (χ4v) is 3.29. The molecule has 0 atom stereocenters. The van der Waals surface area contributed by atoms with Crippen LogP contribution in [0.1, 0.15) is 29.1 Å². The van der Waals surface area contributed by atoms with E-state index < -0.39 is 0 Å². The lowest BCUT2D eigenvalue weighted by Gasteiger charge is -2.08. The Morgan fingerprint density at radius 3 is 2.54 bits per heavy atom. The highest BCUT2D eigenvalue weighted by Gasteiger charge is 2.14. The molecule has 1 aromatic carbocycles. The lowest BCUT2D eigenvalue weighted by Crippen LogP contribution is -2.24. The molecular formula is C19H22IN5O. The van der Waals surface area contributed by atoms with Crippen molar-refractivity contribution in [3.8, 4) is 5.69 Å². The number of aryl methyl sites for hydroxylation is 2. The smallest absolute Gasteiger partial charge is 0.222 e. The molecule has 0 saturated carbocycles. The number of carbonyl (C=O) groups is 1. The molecule has 3 aromatic rings. The molecule has 1 N–H and O–H groups in total. The van der Waals surface area contributed by atoms with E-state index in [1.54, 1.807) is 0 Å². The minimum atomic E-state index is 0.0150. The summed E-state index contributed by atoms with van der Waals surface area (Å²) in [5.74, 6) is 0.0150. The molecule has 0 bridgehead atoms. The Balaban J connectivity index is 1.62. The molecule has 0 fully saturated rings. The average Bonchev–Trinajstić information content (AvgIpc) is 3.11. The van der Waals surface area contributed by atoms with Gasteiger partial charge in [0.25, 0.3) is 0 Å². The zero-order chi connectivity index (χ0) is 18.7. The molecule has 0 radical (unpaired) electrons. The summed E-state index contributed by atoms with van der Waals surface area (Å²) in [6.07, 6.45) is 2.22. The molecule has 0 saturated heterocycles. The van der Waals surface area contributed by atoms with Crippen molar-refractivity contribution in [3.05, 3.63) is 62.7 Å². The quantitative estimate of drug-likeness (QED) is 0.571. The maximum absolute atomic E-state index is 12.2. The van der Waals surface area contributed by atoms with Crippen LogP contribution in [0.5, 0.6) is 0 Å². The average molecular weight is 463 g/mol. The third-order valence-corrected chi connectivity index (χ3v) is 5.56. The lowest BCUT2D eigenvalue weighted by atomic mass is 10.2. The van der Waals surface area contributed by atoms with Crippen LogP contribution >= 0.6 is 22.6 Å². The van der Waals surface area contributed by atoms with Crippen molar-refractivity contribution in [3.63, 3.8) is 0 Å². The summed E-state index contributed by atoms with van der Waals surface area (Å²) in [7, 11) is 0. The Hall–Kier alpha value is -2.16. The van der Waals surface area contributed by atoms with Gasteiger partial charge in [0.1, 0.15) is 0 Å². The number of aromatic nitrogens is 4. The van der Waals surface area contributed by atoms with Gasteiger partial charge < -0.3 is 5.32 Å². The summed E-state index contributed by atoms with van der Waals surface area (Å²) in [4.78, 5) is 12.2. The number of halogens is 1. The number of nitrogens with one attached hydrogen (secondary N) is 1.